The molecule has 48 heavy (non-hydrogen) atoms. The van der Waals surface area contributed by atoms with Gasteiger partial charge >= 0.3 is 15.9 Å². The van der Waals surface area contributed by atoms with Crippen molar-refractivity contribution in [1.29, 1.82) is 0 Å². The number of rotatable bonds is 6. The van der Waals surface area contributed by atoms with Gasteiger partial charge < -0.3 is 10.4 Å². The molecular formula is C31H30FN7O8S. The van der Waals surface area contributed by atoms with E-state index in [-0.39, 0.29) is 53.6 Å². The highest BCUT2D eigenvalue weighted by Gasteiger charge is 2.38. The maximum absolute atomic E-state index is 15.4. The molecule has 0 spiro atoms. The molecule has 2 atom stereocenters. The Morgan fingerprint density at radius 3 is 2.56 bits per heavy atom. The van der Waals surface area contributed by atoms with Crippen LogP contribution >= 0.6 is 0 Å². The molecule has 3 saturated heterocycles. The van der Waals surface area contributed by atoms with E-state index in [4.69, 9.17) is 0 Å². The molecule has 3 aromatic carbocycles. The van der Waals surface area contributed by atoms with Crippen molar-refractivity contribution in [3.8, 4) is 5.75 Å². The number of imide groups is 1. The molecule has 0 bridgehead atoms. The number of halogens is 1. The number of aromatic hydroxyl groups is 1. The number of imidazole rings is 1. The number of likely N-dealkylation sites (tertiary alicyclic amines) is 1. The Morgan fingerprint density at radius 2 is 1.83 bits per heavy atom. The molecule has 0 aliphatic carbocycles. The van der Waals surface area contributed by atoms with E-state index in [1.165, 1.54) is 33.4 Å². The van der Waals surface area contributed by atoms with Crippen LogP contribution in [-0.4, -0.2) is 77.4 Å². The van der Waals surface area contributed by atoms with Crippen LogP contribution in [0.3, 0.4) is 0 Å². The van der Waals surface area contributed by atoms with Crippen LogP contribution in [0.5, 0.6) is 5.75 Å². The molecule has 1 aromatic heterocycles. The van der Waals surface area contributed by atoms with Gasteiger partial charge in [0.1, 0.15) is 24.0 Å². The van der Waals surface area contributed by atoms with Crippen molar-refractivity contribution >= 4 is 67.0 Å². The minimum atomic E-state index is -4.35. The van der Waals surface area contributed by atoms with Crippen molar-refractivity contribution in [1.82, 2.24) is 24.1 Å². The number of phenols is 1. The largest absolute Gasteiger partial charge is 0.506 e. The lowest BCUT2D eigenvalue weighted by atomic mass is 9.98. The first-order chi connectivity index (χ1) is 22.8. The van der Waals surface area contributed by atoms with Crippen molar-refractivity contribution in [2.75, 3.05) is 35.8 Å². The van der Waals surface area contributed by atoms with Gasteiger partial charge in [0, 0.05) is 31.1 Å². The SMILES string of the molecule is Cn1c(=O)n(C2CCC(=O)NC2=O)c2ccc([C@H]3CCN(CC(=O)Nc4ccc5c(F)c(N6CC(=O)NS6(=O)=O)c(O)cc5c4)C3)cc21. The first-order valence-electron chi connectivity index (χ1n) is 15.2. The van der Waals surface area contributed by atoms with Crippen LogP contribution in [-0.2, 0) is 36.4 Å². The van der Waals surface area contributed by atoms with E-state index in [1.54, 1.807) is 11.8 Å². The molecule has 4 heterocycles. The maximum Gasteiger partial charge on any atom is 0.329 e. The number of benzene rings is 3. The van der Waals surface area contributed by atoms with E-state index >= 15 is 4.39 Å². The van der Waals surface area contributed by atoms with E-state index in [9.17, 15) is 37.5 Å². The first-order valence-corrected chi connectivity index (χ1v) is 16.6. The molecule has 7 rings (SSSR count). The minimum absolute atomic E-state index is 0.0142. The van der Waals surface area contributed by atoms with Crippen LogP contribution < -0.4 is 25.4 Å². The summed E-state index contributed by atoms with van der Waals surface area (Å²) in [6.07, 6.45) is 1.17. The van der Waals surface area contributed by atoms with Crippen LogP contribution in [0, 0.1) is 5.82 Å². The maximum atomic E-state index is 15.4. The average molecular weight is 680 g/mol. The van der Waals surface area contributed by atoms with Gasteiger partial charge in [-0.1, -0.05) is 6.07 Å². The average Bonchev–Trinajstić information content (AvgIpc) is 3.66. The zero-order valence-corrected chi connectivity index (χ0v) is 26.3. The van der Waals surface area contributed by atoms with Gasteiger partial charge in [0.05, 0.1) is 17.6 Å². The summed E-state index contributed by atoms with van der Waals surface area (Å²) in [4.78, 5) is 63.8. The van der Waals surface area contributed by atoms with E-state index in [1.807, 2.05) is 23.1 Å². The second kappa shape index (κ2) is 11.4. The van der Waals surface area contributed by atoms with Gasteiger partial charge in [-0.05, 0) is 72.7 Å². The number of fused-ring (bicyclic) bond motifs is 2. The highest BCUT2D eigenvalue weighted by atomic mass is 32.2. The number of nitrogens with one attached hydrogen (secondary N) is 3. The van der Waals surface area contributed by atoms with Gasteiger partial charge in [-0.3, -0.25) is 38.5 Å². The van der Waals surface area contributed by atoms with Crippen molar-refractivity contribution < 1.29 is 37.1 Å². The number of hydrogen-bond acceptors (Lipinski definition) is 9. The summed E-state index contributed by atoms with van der Waals surface area (Å²) in [5, 5.41) is 15.8. The van der Waals surface area contributed by atoms with E-state index in [0.29, 0.717) is 34.1 Å². The molecule has 3 fully saturated rings. The fourth-order valence-corrected chi connectivity index (χ4v) is 7.98. The predicted octanol–water partition coefficient (Wildman–Crippen LogP) is 0.925. The lowest BCUT2D eigenvalue weighted by Gasteiger charge is -2.22. The summed E-state index contributed by atoms with van der Waals surface area (Å²) in [5.41, 5.74) is 1.60. The second-order valence-corrected chi connectivity index (χ2v) is 13.8. The minimum Gasteiger partial charge on any atom is -0.506 e. The number of aromatic nitrogens is 2. The summed E-state index contributed by atoms with van der Waals surface area (Å²) in [6.45, 7) is 0.628. The molecule has 0 radical (unpaired) electrons. The Kier molecular flexibility index (Phi) is 7.47. The lowest BCUT2D eigenvalue weighted by Crippen LogP contribution is -2.44. The third-order valence-corrected chi connectivity index (χ3v) is 10.5. The van der Waals surface area contributed by atoms with Crippen molar-refractivity contribution in [2.45, 2.75) is 31.2 Å². The van der Waals surface area contributed by atoms with E-state index in [2.05, 4.69) is 10.6 Å². The number of carbonyl (C=O) groups is 4. The van der Waals surface area contributed by atoms with Crippen molar-refractivity contribution in [3.05, 3.63) is 64.3 Å². The highest BCUT2D eigenvalue weighted by molar-refractivity contribution is 7.92. The molecule has 4 N–H and O–H groups in total. The fraction of sp³-hybridized carbons (Fsp3) is 0.323. The Bertz CT molecular complexity index is 2250. The molecule has 3 aliphatic heterocycles. The normalized spacial score (nSPS) is 21.2. The van der Waals surface area contributed by atoms with E-state index in [0.717, 1.165) is 12.0 Å². The quantitative estimate of drug-likeness (QED) is 0.215. The zero-order valence-electron chi connectivity index (χ0n) is 25.5. The highest BCUT2D eigenvalue weighted by Crippen LogP contribution is 2.39. The topological polar surface area (TPSA) is 192 Å². The number of aryl methyl sites for hydroxylation is 1. The lowest BCUT2D eigenvalue weighted by molar-refractivity contribution is -0.135. The monoisotopic (exact) mass is 679 g/mol. The van der Waals surface area contributed by atoms with Crippen LogP contribution in [0.2, 0.25) is 0 Å². The van der Waals surface area contributed by atoms with Gasteiger partial charge in [-0.2, -0.15) is 8.42 Å². The molecule has 4 amide bonds. The molecule has 17 heteroatoms. The number of amides is 4. The number of piperidine rings is 1. The predicted molar refractivity (Wildman–Crippen MR) is 171 cm³/mol. The smallest absolute Gasteiger partial charge is 0.329 e. The number of carbonyl (C=O) groups excluding carboxylic acids is 4. The molecule has 0 saturated carbocycles. The first kappa shape index (κ1) is 31.3. The molecule has 1 unspecified atom stereocenters. The van der Waals surface area contributed by atoms with Crippen molar-refractivity contribution in [3.63, 3.8) is 0 Å². The van der Waals surface area contributed by atoms with Gasteiger partial charge in [-0.25, -0.2) is 18.2 Å². The molecule has 3 aliphatic rings. The van der Waals surface area contributed by atoms with Crippen LogP contribution in [0.1, 0.15) is 36.8 Å². The van der Waals surface area contributed by atoms with Crippen LogP contribution in [0.25, 0.3) is 21.8 Å². The molecule has 4 aromatic rings. The molecule has 250 valence electrons. The number of nitrogens with zero attached hydrogens (tertiary/aromatic N) is 4. The summed E-state index contributed by atoms with van der Waals surface area (Å²) >= 11 is 0. The third kappa shape index (κ3) is 5.33. The molecular weight excluding hydrogens is 649 g/mol. The van der Waals surface area contributed by atoms with Crippen molar-refractivity contribution in [2.24, 2.45) is 7.05 Å². The summed E-state index contributed by atoms with van der Waals surface area (Å²) in [5.74, 6) is -3.65. The summed E-state index contributed by atoms with van der Waals surface area (Å²) in [7, 11) is -2.71. The van der Waals surface area contributed by atoms with Gasteiger partial charge in [0.25, 0.3) is 5.91 Å². The van der Waals surface area contributed by atoms with E-state index < -0.39 is 51.9 Å². The fourth-order valence-electron chi connectivity index (χ4n) is 6.81. The van der Waals surface area contributed by atoms with Crippen LogP contribution in [0.15, 0.2) is 47.3 Å². The Balaban J connectivity index is 1.03. The van der Waals surface area contributed by atoms with Gasteiger partial charge in [0.15, 0.2) is 5.82 Å². The Morgan fingerprint density at radius 1 is 1.04 bits per heavy atom. The molecule has 15 nitrogen and oxygen atoms in total. The number of hydrogen-bond donors (Lipinski definition) is 4. The van der Waals surface area contributed by atoms with Crippen LogP contribution in [0.4, 0.5) is 15.8 Å². The summed E-state index contributed by atoms with van der Waals surface area (Å²) < 4.78 is 45.0. The second-order valence-electron chi connectivity index (χ2n) is 12.2. The van der Waals surface area contributed by atoms with Gasteiger partial charge in [0.2, 0.25) is 17.7 Å². The Labute approximate surface area is 272 Å². The Hall–Kier alpha value is -5.29. The number of phenolic OH excluding ortho intramolecular Hbond substituents is 1. The standard InChI is InChI=1S/C31H30FN7O8S/c1-36-23-11-16(2-5-21(23)39(31(36)45)22-6-7-25(41)34-30(22)44)17-8-9-37(13-17)14-26(42)33-19-3-4-20-18(10-19)12-24(40)29(28(20)32)38-15-27(43)35-48(38,46)47/h2-5,10-12,17,22,40H,6-9,13-15H2,1H3,(H,33,42)(H,35,43)(H,34,41,44)/t17-,22?/m0/s1. The number of anilines is 2. The van der Waals surface area contributed by atoms with Gasteiger partial charge in [-0.15, -0.1) is 0 Å². The summed E-state index contributed by atoms with van der Waals surface area (Å²) in [6, 6.07) is 10.3. The third-order valence-electron chi connectivity index (χ3n) is 9.13. The zero-order chi connectivity index (χ0) is 34.1.